The van der Waals surface area contributed by atoms with Gasteiger partial charge in [-0.2, -0.15) is 0 Å². The minimum Gasteiger partial charge on any atom is -0.394 e. The molecule has 0 aromatic heterocycles. The number of hydrogen-bond donors (Lipinski definition) is 2. The van der Waals surface area contributed by atoms with Crippen molar-refractivity contribution in [1.29, 1.82) is 0 Å². The van der Waals surface area contributed by atoms with Gasteiger partial charge in [0.15, 0.2) is 0 Å². The van der Waals surface area contributed by atoms with Gasteiger partial charge in [0.25, 0.3) is 0 Å². The number of aliphatic hydroxyl groups is 1. The van der Waals surface area contributed by atoms with Crippen LogP contribution in [0.2, 0.25) is 0 Å². The molecule has 0 aliphatic carbocycles. The lowest BCUT2D eigenvalue weighted by Gasteiger charge is -2.31. The number of rotatable bonds is 3. The molecule has 0 aromatic carbocycles. The lowest BCUT2D eigenvalue weighted by Crippen LogP contribution is -2.49. The second-order valence-corrected chi connectivity index (χ2v) is 5.27. The largest absolute Gasteiger partial charge is 0.394 e. The molecule has 2 aliphatic heterocycles. The van der Waals surface area contributed by atoms with Gasteiger partial charge >= 0.3 is 0 Å². The fourth-order valence-corrected chi connectivity index (χ4v) is 2.93. The van der Waals surface area contributed by atoms with Gasteiger partial charge in [0.2, 0.25) is 5.91 Å². The van der Waals surface area contributed by atoms with Gasteiger partial charge in [-0.1, -0.05) is 12.8 Å². The molecule has 3 unspecified atom stereocenters. The Hall–Kier alpha value is -0.650. The van der Waals surface area contributed by atoms with Gasteiger partial charge in [-0.25, -0.2) is 0 Å². The number of likely N-dealkylation sites (tertiary alicyclic amines) is 1. The number of amides is 1. The van der Waals surface area contributed by atoms with E-state index in [1.165, 1.54) is 0 Å². The molecule has 0 spiro atoms. The third-order valence-electron chi connectivity index (χ3n) is 4.09. The standard InChI is InChI=1S/C13H24N2O3/c1-18-11-7-12(14-8-11)13(17)15-6-4-2-3-5-10(15)9-16/h10-12,14,16H,2-9H2,1H3. The van der Waals surface area contributed by atoms with Gasteiger partial charge in [0.1, 0.15) is 0 Å². The molecule has 0 bridgehead atoms. The molecular formula is C13H24N2O3. The molecule has 2 N–H and O–H groups in total. The van der Waals surface area contributed by atoms with Crippen LogP contribution in [0.5, 0.6) is 0 Å². The molecule has 0 radical (unpaired) electrons. The topological polar surface area (TPSA) is 61.8 Å². The van der Waals surface area contributed by atoms with Crippen LogP contribution in [0, 0.1) is 0 Å². The summed E-state index contributed by atoms with van der Waals surface area (Å²) in [7, 11) is 1.68. The van der Waals surface area contributed by atoms with E-state index in [-0.39, 0.29) is 30.7 Å². The number of ether oxygens (including phenoxy) is 1. The molecule has 18 heavy (non-hydrogen) atoms. The Labute approximate surface area is 108 Å². The third kappa shape index (κ3) is 3.02. The zero-order valence-corrected chi connectivity index (χ0v) is 11.1. The van der Waals surface area contributed by atoms with E-state index in [1.54, 1.807) is 7.11 Å². The average Bonchev–Trinajstić information content (AvgIpc) is 2.75. The third-order valence-corrected chi connectivity index (χ3v) is 4.09. The van der Waals surface area contributed by atoms with Gasteiger partial charge < -0.3 is 20.1 Å². The van der Waals surface area contributed by atoms with E-state index in [2.05, 4.69) is 5.32 Å². The van der Waals surface area contributed by atoms with Crippen molar-refractivity contribution in [3.8, 4) is 0 Å². The van der Waals surface area contributed by atoms with Crippen LogP contribution in [-0.2, 0) is 9.53 Å². The molecule has 1 amide bonds. The highest BCUT2D eigenvalue weighted by molar-refractivity contribution is 5.82. The second-order valence-electron chi connectivity index (χ2n) is 5.27. The van der Waals surface area contributed by atoms with Gasteiger partial charge in [-0.05, 0) is 19.3 Å². The number of nitrogens with one attached hydrogen (secondary N) is 1. The molecule has 2 fully saturated rings. The molecule has 0 aromatic rings. The average molecular weight is 256 g/mol. The maximum atomic E-state index is 12.5. The summed E-state index contributed by atoms with van der Waals surface area (Å²) in [5.41, 5.74) is 0. The Morgan fingerprint density at radius 3 is 2.94 bits per heavy atom. The van der Waals surface area contributed by atoms with Crippen molar-refractivity contribution >= 4 is 5.91 Å². The highest BCUT2D eigenvalue weighted by Crippen LogP contribution is 2.20. The zero-order valence-electron chi connectivity index (χ0n) is 11.1. The molecule has 3 atom stereocenters. The summed E-state index contributed by atoms with van der Waals surface area (Å²) in [6.45, 7) is 1.59. The Morgan fingerprint density at radius 1 is 1.44 bits per heavy atom. The molecule has 104 valence electrons. The molecule has 0 saturated carbocycles. The molecule has 2 saturated heterocycles. The highest BCUT2D eigenvalue weighted by atomic mass is 16.5. The summed E-state index contributed by atoms with van der Waals surface area (Å²) >= 11 is 0. The summed E-state index contributed by atoms with van der Waals surface area (Å²) in [4.78, 5) is 14.4. The van der Waals surface area contributed by atoms with Gasteiger partial charge in [-0.15, -0.1) is 0 Å². The van der Waals surface area contributed by atoms with Crippen molar-refractivity contribution in [2.75, 3.05) is 26.8 Å². The fraction of sp³-hybridized carbons (Fsp3) is 0.923. The molecule has 2 heterocycles. The first-order valence-electron chi connectivity index (χ1n) is 6.93. The van der Waals surface area contributed by atoms with Crippen LogP contribution in [0.3, 0.4) is 0 Å². The first-order valence-corrected chi connectivity index (χ1v) is 6.93. The minimum absolute atomic E-state index is 0.00314. The summed E-state index contributed by atoms with van der Waals surface area (Å²) < 4.78 is 5.27. The number of nitrogens with zero attached hydrogens (tertiary/aromatic N) is 1. The maximum Gasteiger partial charge on any atom is 0.240 e. The number of carbonyl (C=O) groups is 1. The van der Waals surface area contributed by atoms with Crippen LogP contribution < -0.4 is 5.32 Å². The van der Waals surface area contributed by atoms with Crippen LogP contribution in [-0.4, -0.2) is 60.9 Å². The Kier molecular flexibility index (Phi) is 4.97. The van der Waals surface area contributed by atoms with Crippen LogP contribution in [0.1, 0.15) is 32.1 Å². The SMILES string of the molecule is COC1CNC(C(=O)N2CCCCCC2CO)C1. The van der Waals surface area contributed by atoms with E-state index in [4.69, 9.17) is 4.74 Å². The second kappa shape index (κ2) is 6.50. The van der Waals surface area contributed by atoms with E-state index in [1.807, 2.05) is 4.90 Å². The van der Waals surface area contributed by atoms with Crippen LogP contribution >= 0.6 is 0 Å². The maximum absolute atomic E-state index is 12.5. The first kappa shape index (κ1) is 13.8. The number of carbonyl (C=O) groups excluding carboxylic acids is 1. The highest BCUT2D eigenvalue weighted by Gasteiger charge is 2.35. The van der Waals surface area contributed by atoms with Crippen molar-refractivity contribution in [1.82, 2.24) is 10.2 Å². The summed E-state index contributed by atoms with van der Waals surface area (Å²) in [6.07, 6.45) is 5.10. The summed E-state index contributed by atoms with van der Waals surface area (Å²) in [6, 6.07) is -0.134. The van der Waals surface area contributed by atoms with Crippen molar-refractivity contribution in [3.05, 3.63) is 0 Å². The predicted octanol–water partition coefficient (Wildman–Crippen LogP) is 0.127. The number of hydrogen-bond acceptors (Lipinski definition) is 4. The monoisotopic (exact) mass is 256 g/mol. The van der Waals surface area contributed by atoms with Crippen molar-refractivity contribution in [2.45, 2.75) is 50.3 Å². The number of methoxy groups -OCH3 is 1. The van der Waals surface area contributed by atoms with Gasteiger partial charge in [-0.3, -0.25) is 4.79 Å². The van der Waals surface area contributed by atoms with Crippen LogP contribution in [0.15, 0.2) is 0 Å². The van der Waals surface area contributed by atoms with Crippen molar-refractivity contribution in [3.63, 3.8) is 0 Å². The molecular weight excluding hydrogens is 232 g/mol. The van der Waals surface area contributed by atoms with E-state index < -0.39 is 0 Å². The smallest absolute Gasteiger partial charge is 0.240 e. The quantitative estimate of drug-likeness (QED) is 0.753. The van der Waals surface area contributed by atoms with E-state index >= 15 is 0 Å². The summed E-state index contributed by atoms with van der Waals surface area (Å²) in [5, 5.41) is 12.7. The predicted molar refractivity (Wildman–Crippen MR) is 68.3 cm³/mol. The molecule has 2 aliphatic rings. The lowest BCUT2D eigenvalue weighted by molar-refractivity contribution is -0.136. The van der Waals surface area contributed by atoms with E-state index in [9.17, 15) is 9.90 Å². The molecule has 5 nitrogen and oxygen atoms in total. The van der Waals surface area contributed by atoms with Crippen LogP contribution in [0.25, 0.3) is 0 Å². The zero-order chi connectivity index (χ0) is 13.0. The lowest BCUT2D eigenvalue weighted by atomic mass is 10.1. The number of aliphatic hydroxyl groups excluding tert-OH is 1. The normalized spacial score (nSPS) is 33.4. The van der Waals surface area contributed by atoms with Crippen LogP contribution in [0.4, 0.5) is 0 Å². The first-order chi connectivity index (χ1) is 8.76. The molecule has 2 rings (SSSR count). The van der Waals surface area contributed by atoms with E-state index in [0.29, 0.717) is 0 Å². The minimum atomic E-state index is -0.137. The summed E-state index contributed by atoms with van der Waals surface area (Å²) in [5.74, 6) is 0.135. The Balaban J connectivity index is 1.97. The Bertz CT molecular complexity index is 285. The fourth-order valence-electron chi connectivity index (χ4n) is 2.93. The van der Waals surface area contributed by atoms with Crippen molar-refractivity contribution in [2.24, 2.45) is 0 Å². The van der Waals surface area contributed by atoms with Gasteiger partial charge in [0, 0.05) is 20.2 Å². The van der Waals surface area contributed by atoms with Crippen molar-refractivity contribution < 1.29 is 14.6 Å². The van der Waals surface area contributed by atoms with Gasteiger partial charge in [0.05, 0.1) is 24.8 Å². The Morgan fingerprint density at radius 2 is 2.28 bits per heavy atom. The molecule has 5 heteroatoms. The van der Waals surface area contributed by atoms with E-state index in [0.717, 1.165) is 45.2 Å².